The molecule has 5 heteroatoms. The van der Waals surface area contributed by atoms with E-state index in [0.717, 1.165) is 36.5 Å². The molecule has 1 aromatic carbocycles. The second-order valence-electron chi connectivity index (χ2n) is 7.07. The van der Waals surface area contributed by atoms with E-state index < -0.39 is 0 Å². The van der Waals surface area contributed by atoms with Crippen molar-refractivity contribution < 1.29 is 0 Å². The maximum absolute atomic E-state index is 4.55. The van der Waals surface area contributed by atoms with Gasteiger partial charge in [-0.1, -0.05) is 12.1 Å². The molecule has 0 radical (unpaired) electrons. The zero-order chi connectivity index (χ0) is 17.2. The van der Waals surface area contributed by atoms with Crippen LogP contribution in [0, 0.1) is 0 Å². The van der Waals surface area contributed by atoms with E-state index in [1.54, 1.807) is 0 Å². The van der Waals surface area contributed by atoms with Crippen molar-refractivity contribution in [3.8, 4) is 11.3 Å². The summed E-state index contributed by atoms with van der Waals surface area (Å²) in [5.41, 5.74) is 7.20. The first kappa shape index (κ1) is 15.9. The Kier molecular flexibility index (Phi) is 4.30. The lowest BCUT2D eigenvalue weighted by molar-refractivity contribution is 0.599. The number of benzene rings is 1. The van der Waals surface area contributed by atoms with Gasteiger partial charge in [-0.2, -0.15) is 5.10 Å². The van der Waals surface area contributed by atoms with Gasteiger partial charge in [-0.15, -0.1) is 0 Å². The quantitative estimate of drug-likeness (QED) is 0.729. The molecule has 0 saturated carbocycles. The number of hydrogen-bond acceptors (Lipinski definition) is 3. The highest BCUT2D eigenvalue weighted by Crippen LogP contribution is 2.30. The highest BCUT2D eigenvalue weighted by Gasteiger charge is 2.17. The van der Waals surface area contributed by atoms with E-state index in [-0.39, 0.29) is 0 Å². The monoisotopic (exact) mass is 335 g/mol. The average molecular weight is 335 g/mol. The van der Waals surface area contributed by atoms with Crippen LogP contribution < -0.4 is 5.32 Å². The molecule has 0 bridgehead atoms. The highest BCUT2D eigenvalue weighted by molar-refractivity contribution is 5.66. The van der Waals surface area contributed by atoms with Gasteiger partial charge in [0.1, 0.15) is 0 Å². The maximum atomic E-state index is 4.55. The van der Waals surface area contributed by atoms with Crippen molar-refractivity contribution >= 4 is 5.69 Å². The van der Waals surface area contributed by atoms with Crippen LogP contribution in [-0.4, -0.2) is 19.7 Å². The van der Waals surface area contributed by atoms with Crippen LogP contribution in [0.1, 0.15) is 49.7 Å². The van der Waals surface area contributed by atoms with Gasteiger partial charge in [0.15, 0.2) is 0 Å². The minimum absolute atomic E-state index is 0.445. The molecule has 2 aromatic heterocycles. The van der Waals surface area contributed by atoms with Crippen LogP contribution in [0.4, 0.5) is 5.69 Å². The molecule has 0 saturated heterocycles. The number of anilines is 1. The Labute approximate surface area is 148 Å². The Balaban J connectivity index is 1.44. The molecule has 0 amide bonds. The smallest absolute Gasteiger partial charge is 0.0955 e. The first-order valence-electron chi connectivity index (χ1n) is 9.13. The lowest BCUT2D eigenvalue weighted by atomic mass is 9.94. The van der Waals surface area contributed by atoms with Crippen LogP contribution in [0.5, 0.6) is 0 Å². The van der Waals surface area contributed by atoms with Crippen LogP contribution >= 0.6 is 0 Å². The number of nitrogens with zero attached hydrogens (tertiary/aromatic N) is 3. The second kappa shape index (κ2) is 6.75. The summed E-state index contributed by atoms with van der Waals surface area (Å²) in [6, 6.07) is 9.00. The molecule has 0 unspecified atom stereocenters. The van der Waals surface area contributed by atoms with Gasteiger partial charge in [0.2, 0.25) is 0 Å². The van der Waals surface area contributed by atoms with Gasteiger partial charge in [0.25, 0.3) is 0 Å². The van der Waals surface area contributed by atoms with Gasteiger partial charge in [-0.05, 0) is 51.7 Å². The van der Waals surface area contributed by atoms with Gasteiger partial charge < -0.3 is 9.88 Å². The third-order valence-corrected chi connectivity index (χ3v) is 4.94. The lowest BCUT2D eigenvalue weighted by Crippen LogP contribution is -2.01. The number of fused-ring (bicyclic) bond motifs is 1. The van der Waals surface area contributed by atoms with E-state index in [0.29, 0.717) is 6.04 Å². The molecule has 0 fully saturated rings. The number of rotatable bonds is 5. The molecular formula is C20H25N5. The summed E-state index contributed by atoms with van der Waals surface area (Å²) in [6.45, 7) is 5.05. The Bertz CT molecular complexity index is 841. The second-order valence-corrected chi connectivity index (χ2v) is 7.07. The molecule has 4 rings (SSSR count). The van der Waals surface area contributed by atoms with Crippen molar-refractivity contribution in [1.29, 1.82) is 0 Å². The van der Waals surface area contributed by atoms with Gasteiger partial charge in [0.05, 0.1) is 24.3 Å². The van der Waals surface area contributed by atoms with Crippen molar-refractivity contribution in [3.63, 3.8) is 0 Å². The van der Waals surface area contributed by atoms with Gasteiger partial charge in [0, 0.05) is 34.7 Å². The summed E-state index contributed by atoms with van der Waals surface area (Å²) in [6.07, 6.45) is 8.80. The van der Waals surface area contributed by atoms with Crippen LogP contribution in [0.25, 0.3) is 11.3 Å². The first-order valence-corrected chi connectivity index (χ1v) is 9.13. The number of nitrogens with one attached hydrogen (secondary N) is 2. The van der Waals surface area contributed by atoms with E-state index >= 15 is 0 Å². The van der Waals surface area contributed by atoms with Crippen LogP contribution in [0.15, 0.2) is 36.8 Å². The van der Waals surface area contributed by atoms with E-state index in [4.69, 9.17) is 0 Å². The molecule has 2 N–H and O–H groups in total. The average Bonchev–Trinajstić information content (AvgIpc) is 3.28. The normalized spacial score (nSPS) is 13.9. The number of aryl methyl sites for hydroxylation is 1. The molecule has 130 valence electrons. The van der Waals surface area contributed by atoms with Gasteiger partial charge >= 0.3 is 0 Å². The topological polar surface area (TPSA) is 58.5 Å². The third-order valence-electron chi connectivity index (χ3n) is 4.94. The minimum Gasteiger partial charge on any atom is -0.379 e. The van der Waals surface area contributed by atoms with Crippen molar-refractivity contribution in [2.45, 2.75) is 52.1 Å². The van der Waals surface area contributed by atoms with Gasteiger partial charge in [-0.25, -0.2) is 4.98 Å². The van der Waals surface area contributed by atoms with Crippen molar-refractivity contribution in [1.82, 2.24) is 19.7 Å². The molecular weight excluding hydrogens is 310 g/mol. The summed E-state index contributed by atoms with van der Waals surface area (Å²) in [7, 11) is 0. The van der Waals surface area contributed by atoms with E-state index in [9.17, 15) is 0 Å². The fourth-order valence-electron chi connectivity index (χ4n) is 3.41. The molecule has 1 aliphatic carbocycles. The Morgan fingerprint density at radius 2 is 1.96 bits per heavy atom. The summed E-state index contributed by atoms with van der Waals surface area (Å²) in [5, 5.41) is 11.2. The van der Waals surface area contributed by atoms with Crippen LogP contribution in [-0.2, 0) is 19.4 Å². The molecule has 3 aromatic rings. The van der Waals surface area contributed by atoms with Crippen molar-refractivity contribution in [2.75, 3.05) is 5.32 Å². The first-order chi connectivity index (χ1) is 12.2. The van der Waals surface area contributed by atoms with E-state index in [1.807, 2.05) is 6.33 Å². The Morgan fingerprint density at radius 1 is 1.16 bits per heavy atom. The standard InChI is InChI=1S/C20H25N5/c1-14(2)25-12-17(22-13-25)11-21-16-9-7-15(8-10-16)20-18-5-3-4-6-19(18)23-24-20/h7-10,12-14,21H,3-6,11H2,1-2H3,(H,23,24). The summed E-state index contributed by atoms with van der Waals surface area (Å²) in [5.74, 6) is 0. The zero-order valence-electron chi connectivity index (χ0n) is 14.9. The summed E-state index contributed by atoms with van der Waals surface area (Å²) >= 11 is 0. The third kappa shape index (κ3) is 3.31. The maximum Gasteiger partial charge on any atom is 0.0955 e. The SMILES string of the molecule is CC(C)n1cnc(CNc2ccc(-c3n[nH]c4c3CCCC4)cc2)c1. The predicted molar refractivity (Wildman–Crippen MR) is 101 cm³/mol. The molecule has 25 heavy (non-hydrogen) atoms. The Hall–Kier alpha value is -2.56. The molecule has 0 atom stereocenters. The molecule has 0 aliphatic heterocycles. The lowest BCUT2D eigenvalue weighted by Gasteiger charge is -2.11. The number of aromatic nitrogens is 4. The Morgan fingerprint density at radius 3 is 2.72 bits per heavy atom. The van der Waals surface area contributed by atoms with E-state index in [2.05, 4.69) is 69.4 Å². The highest BCUT2D eigenvalue weighted by atomic mass is 15.1. The van der Waals surface area contributed by atoms with Crippen LogP contribution in [0.3, 0.4) is 0 Å². The zero-order valence-corrected chi connectivity index (χ0v) is 14.9. The number of imidazole rings is 1. The molecule has 2 heterocycles. The van der Waals surface area contributed by atoms with Crippen molar-refractivity contribution in [3.05, 3.63) is 53.7 Å². The number of hydrogen-bond donors (Lipinski definition) is 2. The van der Waals surface area contributed by atoms with Crippen LogP contribution in [0.2, 0.25) is 0 Å². The summed E-state index contributed by atoms with van der Waals surface area (Å²) < 4.78 is 2.13. The molecule has 5 nitrogen and oxygen atoms in total. The predicted octanol–water partition coefficient (Wildman–Crippen LogP) is 4.35. The van der Waals surface area contributed by atoms with Gasteiger partial charge in [-0.3, -0.25) is 5.10 Å². The van der Waals surface area contributed by atoms with Crippen molar-refractivity contribution in [2.24, 2.45) is 0 Å². The minimum atomic E-state index is 0.445. The summed E-state index contributed by atoms with van der Waals surface area (Å²) in [4.78, 5) is 4.45. The molecule has 0 spiro atoms. The number of H-pyrrole nitrogens is 1. The largest absolute Gasteiger partial charge is 0.379 e. The fourth-order valence-corrected chi connectivity index (χ4v) is 3.41. The fraction of sp³-hybridized carbons (Fsp3) is 0.400. The molecule has 1 aliphatic rings. The number of aromatic amines is 1. The van der Waals surface area contributed by atoms with E-state index in [1.165, 1.54) is 29.7 Å².